The fraction of sp³-hybridized carbons (Fsp3) is 0.267. The summed E-state index contributed by atoms with van der Waals surface area (Å²) < 4.78 is 4.90. The van der Waals surface area contributed by atoms with E-state index in [4.69, 9.17) is 4.74 Å². The second kappa shape index (κ2) is 8.58. The summed E-state index contributed by atoms with van der Waals surface area (Å²) in [5.41, 5.74) is -0.194. The molecule has 0 aliphatic heterocycles. The molecule has 0 saturated heterocycles. The van der Waals surface area contributed by atoms with Gasteiger partial charge in [-0.1, -0.05) is 25.6 Å². The van der Waals surface area contributed by atoms with Gasteiger partial charge in [0.05, 0.1) is 17.2 Å². The lowest BCUT2D eigenvalue weighted by molar-refractivity contribution is -0.228. The van der Waals surface area contributed by atoms with Gasteiger partial charge in [0.15, 0.2) is 0 Å². The number of carbonyl (C=O) groups is 3. The van der Waals surface area contributed by atoms with Crippen molar-refractivity contribution in [3.8, 4) is 0 Å². The molecule has 1 atom stereocenters. The Bertz CT molecular complexity index is 565. The molecule has 0 spiro atoms. The number of aliphatic hydroxyl groups excluding tert-OH is 1. The summed E-state index contributed by atoms with van der Waals surface area (Å²) in [6.45, 7) is 4.69. The molecule has 0 aliphatic rings. The minimum atomic E-state index is -1.03. The van der Waals surface area contributed by atoms with E-state index in [0.717, 1.165) is 6.08 Å². The van der Waals surface area contributed by atoms with Crippen LogP contribution in [0.3, 0.4) is 0 Å². The van der Waals surface area contributed by atoms with Crippen LogP contribution in [0.15, 0.2) is 36.9 Å². The van der Waals surface area contributed by atoms with Crippen molar-refractivity contribution in [1.82, 2.24) is 0 Å². The molecule has 22 heavy (non-hydrogen) atoms. The number of rotatable bonds is 6. The van der Waals surface area contributed by atoms with E-state index in [1.54, 1.807) is 6.92 Å². The maximum Gasteiger partial charge on any atom is 0.387 e. The number of hydrogen-bond acceptors (Lipinski definition) is 7. The zero-order chi connectivity index (χ0) is 16.5. The average molecular weight is 308 g/mol. The minimum absolute atomic E-state index is 0.0644. The molecule has 118 valence electrons. The van der Waals surface area contributed by atoms with Gasteiger partial charge < -0.3 is 9.84 Å². The number of carbonyl (C=O) groups excluding carboxylic acids is 3. The lowest BCUT2D eigenvalue weighted by Crippen LogP contribution is -2.20. The molecule has 7 nitrogen and oxygen atoms in total. The van der Waals surface area contributed by atoms with Crippen molar-refractivity contribution in [3.05, 3.63) is 48.0 Å². The van der Waals surface area contributed by atoms with E-state index in [1.807, 2.05) is 0 Å². The van der Waals surface area contributed by atoms with Crippen LogP contribution in [0.25, 0.3) is 0 Å². The molecule has 0 aliphatic carbocycles. The summed E-state index contributed by atoms with van der Waals surface area (Å²) in [6.07, 6.45) is 0.463. The van der Waals surface area contributed by atoms with Crippen molar-refractivity contribution < 1.29 is 34.0 Å². The molecule has 0 heterocycles. The molecule has 1 rings (SSSR count). The van der Waals surface area contributed by atoms with Crippen molar-refractivity contribution in [2.75, 3.05) is 6.61 Å². The van der Waals surface area contributed by atoms with Crippen LogP contribution in [0.5, 0.6) is 0 Å². The third-order valence-electron chi connectivity index (χ3n) is 2.61. The summed E-state index contributed by atoms with van der Waals surface area (Å²) in [5, 5.41) is 9.37. The zero-order valence-electron chi connectivity index (χ0n) is 12.0. The van der Waals surface area contributed by atoms with Gasteiger partial charge in [-0.15, -0.1) is 0 Å². The number of esters is 1. The molecule has 1 N–H and O–H groups in total. The molecule has 1 unspecified atom stereocenters. The third-order valence-corrected chi connectivity index (χ3v) is 2.61. The van der Waals surface area contributed by atoms with Crippen LogP contribution in [0.1, 0.15) is 34.1 Å². The summed E-state index contributed by atoms with van der Waals surface area (Å²) in [4.78, 5) is 43.0. The molecular weight excluding hydrogens is 292 g/mol. The van der Waals surface area contributed by atoms with Crippen LogP contribution in [-0.2, 0) is 19.3 Å². The standard InChI is InChI=1S/C15H16O7/c1-3-10(16)9-20-14(18)11-7-5-6-8-12(11)15(19)22-21-13(17)4-2/h4-8,10,16H,2-3,9H2,1H3. The van der Waals surface area contributed by atoms with Crippen molar-refractivity contribution in [1.29, 1.82) is 0 Å². The normalized spacial score (nSPS) is 11.2. The molecule has 1 aromatic rings. The Morgan fingerprint density at radius 2 is 1.77 bits per heavy atom. The topological polar surface area (TPSA) is 99.1 Å². The lowest BCUT2D eigenvalue weighted by Gasteiger charge is -2.10. The predicted octanol–water partition coefficient (Wildman–Crippen LogP) is 1.42. The maximum atomic E-state index is 11.9. The highest BCUT2D eigenvalue weighted by Gasteiger charge is 2.21. The van der Waals surface area contributed by atoms with Crippen molar-refractivity contribution in [3.63, 3.8) is 0 Å². The van der Waals surface area contributed by atoms with E-state index in [2.05, 4.69) is 16.4 Å². The van der Waals surface area contributed by atoms with Crippen molar-refractivity contribution in [2.45, 2.75) is 19.4 Å². The summed E-state index contributed by atoms with van der Waals surface area (Å²) >= 11 is 0. The monoisotopic (exact) mass is 308 g/mol. The predicted molar refractivity (Wildman–Crippen MR) is 74.7 cm³/mol. The first kappa shape index (κ1) is 17.4. The van der Waals surface area contributed by atoms with Crippen LogP contribution in [0, 0.1) is 0 Å². The number of ether oxygens (including phenoxy) is 1. The van der Waals surface area contributed by atoms with Crippen LogP contribution < -0.4 is 0 Å². The Hall–Kier alpha value is -2.67. The lowest BCUT2D eigenvalue weighted by atomic mass is 10.1. The molecule has 7 heteroatoms. The van der Waals surface area contributed by atoms with E-state index in [9.17, 15) is 19.5 Å². The molecule has 0 radical (unpaired) electrons. The zero-order valence-corrected chi connectivity index (χ0v) is 12.0. The van der Waals surface area contributed by atoms with Gasteiger partial charge in [-0.3, -0.25) is 0 Å². The van der Waals surface area contributed by atoms with E-state index in [1.165, 1.54) is 24.3 Å². The third kappa shape index (κ3) is 5.02. The largest absolute Gasteiger partial charge is 0.459 e. The van der Waals surface area contributed by atoms with Gasteiger partial charge in [-0.05, 0) is 18.6 Å². The Morgan fingerprint density at radius 3 is 2.32 bits per heavy atom. The Morgan fingerprint density at radius 1 is 1.18 bits per heavy atom. The molecule has 0 saturated carbocycles. The highest BCUT2D eigenvalue weighted by molar-refractivity contribution is 6.03. The summed E-state index contributed by atoms with van der Waals surface area (Å²) in [6, 6.07) is 5.70. The van der Waals surface area contributed by atoms with Gasteiger partial charge in [-0.2, -0.15) is 0 Å². The summed E-state index contributed by atoms with van der Waals surface area (Å²) in [7, 11) is 0. The molecule has 0 aromatic heterocycles. The van der Waals surface area contributed by atoms with Gasteiger partial charge in [0.25, 0.3) is 0 Å². The Kier molecular flexibility index (Phi) is 6.78. The number of aliphatic hydroxyl groups is 1. The van der Waals surface area contributed by atoms with Crippen LogP contribution in [0.2, 0.25) is 0 Å². The van der Waals surface area contributed by atoms with Gasteiger partial charge in [0, 0.05) is 6.08 Å². The first-order valence-electron chi connectivity index (χ1n) is 6.49. The maximum absolute atomic E-state index is 11.9. The van der Waals surface area contributed by atoms with Crippen LogP contribution >= 0.6 is 0 Å². The Balaban J connectivity index is 2.80. The first-order valence-corrected chi connectivity index (χ1v) is 6.49. The quantitative estimate of drug-likeness (QED) is 0.367. The van der Waals surface area contributed by atoms with Crippen LogP contribution in [-0.4, -0.2) is 35.7 Å². The van der Waals surface area contributed by atoms with Gasteiger partial charge in [0.2, 0.25) is 0 Å². The fourth-order valence-corrected chi connectivity index (χ4v) is 1.36. The molecule has 0 fully saturated rings. The van der Waals surface area contributed by atoms with Gasteiger partial charge >= 0.3 is 17.9 Å². The van der Waals surface area contributed by atoms with E-state index in [0.29, 0.717) is 6.42 Å². The Labute approximate surface area is 127 Å². The summed E-state index contributed by atoms with van der Waals surface area (Å²) in [5.74, 6) is -2.77. The van der Waals surface area contributed by atoms with E-state index in [-0.39, 0.29) is 17.7 Å². The number of hydrogen-bond donors (Lipinski definition) is 1. The smallest absolute Gasteiger partial charge is 0.387 e. The van der Waals surface area contributed by atoms with E-state index >= 15 is 0 Å². The fourth-order valence-electron chi connectivity index (χ4n) is 1.36. The molecule has 0 bridgehead atoms. The SMILES string of the molecule is C=CC(=O)OOC(=O)c1ccccc1C(=O)OCC(O)CC. The van der Waals surface area contributed by atoms with Crippen molar-refractivity contribution >= 4 is 17.9 Å². The van der Waals surface area contributed by atoms with Gasteiger partial charge in [0.1, 0.15) is 6.61 Å². The number of benzene rings is 1. The average Bonchev–Trinajstić information content (AvgIpc) is 2.56. The van der Waals surface area contributed by atoms with Crippen LogP contribution in [0.4, 0.5) is 0 Å². The molecule has 0 amide bonds. The highest BCUT2D eigenvalue weighted by atomic mass is 17.2. The second-order valence-electron chi connectivity index (χ2n) is 4.18. The second-order valence-corrected chi connectivity index (χ2v) is 4.18. The molecule has 1 aromatic carbocycles. The van der Waals surface area contributed by atoms with E-state index < -0.39 is 24.0 Å². The molecular formula is C15H16O7. The highest BCUT2D eigenvalue weighted by Crippen LogP contribution is 2.12. The van der Waals surface area contributed by atoms with Crippen molar-refractivity contribution in [2.24, 2.45) is 0 Å². The van der Waals surface area contributed by atoms with Gasteiger partial charge in [-0.25, -0.2) is 24.2 Å². The first-order chi connectivity index (χ1) is 10.5. The minimum Gasteiger partial charge on any atom is -0.459 e.